The van der Waals surface area contributed by atoms with E-state index in [2.05, 4.69) is 25.7 Å². The van der Waals surface area contributed by atoms with E-state index in [9.17, 15) is 4.79 Å². The molecule has 1 spiro atoms. The third kappa shape index (κ3) is 6.71. The maximum absolute atomic E-state index is 12.1. The molecule has 0 aromatic rings. The highest BCUT2D eigenvalue weighted by Gasteiger charge is 2.44. The fourth-order valence-electron chi connectivity index (χ4n) is 3.88. The minimum absolute atomic E-state index is 0.401. The van der Waals surface area contributed by atoms with Crippen LogP contribution in [0.2, 0.25) is 0 Å². The van der Waals surface area contributed by atoms with Crippen molar-refractivity contribution >= 4 is 5.91 Å². The van der Waals surface area contributed by atoms with Crippen LogP contribution in [0.5, 0.6) is 0 Å². The SMILES string of the molecule is CC.CC.CC(C)CCCC(=O)N1CCC2(CC1)CC(C)C2. The molecule has 0 radical (unpaired) electrons. The van der Waals surface area contributed by atoms with Gasteiger partial charge in [-0.25, -0.2) is 0 Å². The predicted octanol–water partition coefficient (Wildman–Crippen LogP) is 5.90. The molecule has 0 aromatic carbocycles. The smallest absolute Gasteiger partial charge is 0.222 e. The van der Waals surface area contributed by atoms with Gasteiger partial charge in [0.2, 0.25) is 5.91 Å². The van der Waals surface area contributed by atoms with Crippen molar-refractivity contribution in [2.45, 2.75) is 93.4 Å². The summed E-state index contributed by atoms with van der Waals surface area (Å²) in [5, 5.41) is 0. The van der Waals surface area contributed by atoms with Crippen molar-refractivity contribution in [3.8, 4) is 0 Å². The molecular weight excluding hydrogens is 270 g/mol. The molecule has 1 saturated heterocycles. The molecule has 1 aliphatic carbocycles. The molecule has 0 aromatic heterocycles. The topological polar surface area (TPSA) is 20.3 Å². The first-order valence-corrected chi connectivity index (χ1v) is 9.78. The standard InChI is InChI=1S/C16H29NO.2C2H6/c1-13(2)5-4-6-15(18)17-9-7-16(8-10-17)11-14(3)12-16;2*1-2/h13-14H,4-12H2,1-3H3;2*1-2H3. The first kappa shape index (κ1) is 21.5. The average molecular weight is 312 g/mol. The average Bonchev–Trinajstić information content (AvgIpc) is 2.50. The van der Waals surface area contributed by atoms with E-state index in [1.165, 1.54) is 32.1 Å². The molecule has 22 heavy (non-hydrogen) atoms. The second kappa shape index (κ2) is 11.1. The van der Waals surface area contributed by atoms with Crippen LogP contribution in [0.3, 0.4) is 0 Å². The van der Waals surface area contributed by atoms with Crippen molar-refractivity contribution in [3.63, 3.8) is 0 Å². The fourth-order valence-corrected chi connectivity index (χ4v) is 3.88. The van der Waals surface area contributed by atoms with Crippen molar-refractivity contribution in [2.24, 2.45) is 17.3 Å². The van der Waals surface area contributed by atoms with E-state index in [-0.39, 0.29) is 0 Å². The molecule has 2 aliphatic rings. The Hall–Kier alpha value is -0.530. The summed E-state index contributed by atoms with van der Waals surface area (Å²) in [5.74, 6) is 2.05. The van der Waals surface area contributed by atoms with Crippen molar-refractivity contribution in [2.75, 3.05) is 13.1 Å². The quantitative estimate of drug-likeness (QED) is 0.632. The van der Waals surface area contributed by atoms with E-state index in [0.717, 1.165) is 37.8 Å². The minimum Gasteiger partial charge on any atom is -0.343 e. The van der Waals surface area contributed by atoms with Gasteiger partial charge in [0, 0.05) is 19.5 Å². The lowest BCUT2D eigenvalue weighted by Crippen LogP contribution is -2.48. The monoisotopic (exact) mass is 311 g/mol. The highest BCUT2D eigenvalue weighted by atomic mass is 16.2. The van der Waals surface area contributed by atoms with Crippen LogP contribution in [-0.4, -0.2) is 23.9 Å². The third-order valence-electron chi connectivity index (χ3n) is 4.91. The summed E-state index contributed by atoms with van der Waals surface area (Å²) in [7, 11) is 0. The highest BCUT2D eigenvalue weighted by Crippen LogP contribution is 2.52. The molecule has 1 heterocycles. The fraction of sp³-hybridized carbons (Fsp3) is 0.950. The first-order valence-electron chi connectivity index (χ1n) is 9.78. The van der Waals surface area contributed by atoms with Crippen LogP contribution in [0.15, 0.2) is 0 Å². The van der Waals surface area contributed by atoms with Gasteiger partial charge in [-0.3, -0.25) is 4.79 Å². The second-order valence-electron chi connectivity index (χ2n) is 7.18. The summed E-state index contributed by atoms with van der Waals surface area (Å²) in [6.07, 6.45) is 8.34. The van der Waals surface area contributed by atoms with Crippen molar-refractivity contribution < 1.29 is 4.79 Å². The van der Waals surface area contributed by atoms with Crippen LogP contribution >= 0.6 is 0 Å². The molecule has 1 amide bonds. The first-order chi connectivity index (χ1) is 10.5. The van der Waals surface area contributed by atoms with Gasteiger partial charge in [-0.05, 0) is 49.4 Å². The predicted molar refractivity (Wildman–Crippen MR) is 98.0 cm³/mol. The molecule has 0 N–H and O–H groups in total. The normalized spacial score (nSPS) is 19.7. The van der Waals surface area contributed by atoms with Gasteiger partial charge in [0.1, 0.15) is 0 Å². The Morgan fingerprint density at radius 2 is 1.59 bits per heavy atom. The zero-order chi connectivity index (χ0) is 17.2. The number of nitrogens with zero attached hydrogens (tertiary/aromatic N) is 1. The Morgan fingerprint density at radius 3 is 2.00 bits per heavy atom. The van der Waals surface area contributed by atoms with Crippen LogP contribution in [0, 0.1) is 17.3 Å². The Morgan fingerprint density at radius 1 is 1.09 bits per heavy atom. The lowest BCUT2D eigenvalue weighted by Gasteiger charge is -2.51. The van der Waals surface area contributed by atoms with Crippen LogP contribution in [-0.2, 0) is 4.79 Å². The molecule has 2 rings (SSSR count). The van der Waals surface area contributed by atoms with Crippen LogP contribution in [0.4, 0.5) is 0 Å². The Labute approximate surface area is 140 Å². The van der Waals surface area contributed by atoms with Gasteiger partial charge in [0.25, 0.3) is 0 Å². The Balaban J connectivity index is 0.00000102. The largest absolute Gasteiger partial charge is 0.343 e. The van der Waals surface area contributed by atoms with Crippen molar-refractivity contribution in [1.29, 1.82) is 0 Å². The number of likely N-dealkylation sites (tertiary alicyclic amines) is 1. The van der Waals surface area contributed by atoms with E-state index in [4.69, 9.17) is 0 Å². The molecule has 132 valence electrons. The molecular formula is C20H41NO. The third-order valence-corrected chi connectivity index (χ3v) is 4.91. The Kier molecular flexibility index (Phi) is 10.8. The molecule has 2 heteroatoms. The number of hydrogen-bond donors (Lipinski definition) is 0. The zero-order valence-electron chi connectivity index (χ0n) is 16.4. The van der Waals surface area contributed by atoms with Gasteiger partial charge in [-0.2, -0.15) is 0 Å². The summed E-state index contributed by atoms with van der Waals surface area (Å²) < 4.78 is 0. The van der Waals surface area contributed by atoms with Crippen LogP contribution in [0.25, 0.3) is 0 Å². The molecule has 0 unspecified atom stereocenters. The van der Waals surface area contributed by atoms with Crippen molar-refractivity contribution in [1.82, 2.24) is 4.90 Å². The molecule has 1 aliphatic heterocycles. The summed E-state index contributed by atoms with van der Waals surface area (Å²) in [5.41, 5.74) is 0.633. The lowest BCUT2D eigenvalue weighted by molar-refractivity contribution is -0.135. The van der Waals surface area contributed by atoms with Crippen LogP contribution in [0.1, 0.15) is 93.4 Å². The van der Waals surface area contributed by atoms with Gasteiger partial charge in [0.05, 0.1) is 0 Å². The lowest BCUT2D eigenvalue weighted by atomic mass is 9.58. The van der Waals surface area contributed by atoms with Gasteiger partial charge >= 0.3 is 0 Å². The van der Waals surface area contributed by atoms with Gasteiger partial charge < -0.3 is 4.90 Å². The number of amides is 1. The van der Waals surface area contributed by atoms with E-state index >= 15 is 0 Å². The molecule has 2 fully saturated rings. The second-order valence-corrected chi connectivity index (χ2v) is 7.18. The van der Waals surface area contributed by atoms with Gasteiger partial charge in [-0.15, -0.1) is 0 Å². The Bertz CT molecular complexity index is 282. The van der Waals surface area contributed by atoms with E-state index in [1.807, 2.05) is 27.7 Å². The maximum Gasteiger partial charge on any atom is 0.222 e. The summed E-state index contributed by atoms with van der Waals surface area (Å²) >= 11 is 0. The molecule has 2 nitrogen and oxygen atoms in total. The summed E-state index contributed by atoms with van der Waals surface area (Å²) in [4.78, 5) is 14.2. The number of carbonyl (C=O) groups is 1. The minimum atomic E-state index is 0.401. The summed E-state index contributed by atoms with van der Waals surface area (Å²) in [6, 6.07) is 0. The molecule has 0 atom stereocenters. The number of carbonyl (C=O) groups excluding carboxylic acids is 1. The van der Waals surface area contributed by atoms with Gasteiger partial charge in [0.15, 0.2) is 0 Å². The van der Waals surface area contributed by atoms with E-state index < -0.39 is 0 Å². The highest BCUT2D eigenvalue weighted by molar-refractivity contribution is 5.76. The summed E-state index contributed by atoms with van der Waals surface area (Å²) in [6.45, 7) is 16.9. The zero-order valence-corrected chi connectivity index (χ0v) is 16.4. The number of piperidine rings is 1. The number of hydrogen-bond acceptors (Lipinski definition) is 1. The van der Waals surface area contributed by atoms with Gasteiger partial charge in [-0.1, -0.05) is 54.9 Å². The van der Waals surface area contributed by atoms with E-state index in [1.54, 1.807) is 0 Å². The van der Waals surface area contributed by atoms with E-state index in [0.29, 0.717) is 11.3 Å². The van der Waals surface area contributed by atoms with Crippen molar-refractivity contribution in [3.05, 3.63) is 0 Å². The van der Waals surface area contributed by atoms with Crippen LogP contribution < -0.4 is 0 Å². The molecule has 1 saturated carbocycles. The maximum atomic E-state index is 12.1. The molecule has 0 bridgehead atoms. The number of rotatable bonds is 4.